The molecule has 1 aliphatic carbocycles. The normalized spacial score (nSPS) is 17.7. The van der Waals surface area contributed by atoms with E-state index < -0.39 is 5.82 Å². The van der Waals surface area contributed by atoms with Crippen LogP contribution in [0.1, 0.15) is 25.7 Å². The van der Waals surface area contributed by atoms with Crippen LogP contribution in [0.25, 0.3) is 10.9 Å². The number of ether oxygens (including phenoxy) is 3. The third-order valence-electron chi connectivity index (χ3n) is 6.19. The van der Waals surface area contributed by atoms with Gasteiger partial charge in [0.2, 0.25) is 11.9 Å². The van der Waals surface area contributed by atoms with E-state index >= 15 is 0 Å². The van der Waals surface area contributed by atoms with Crippen molar-refractivity contribution in [3.63, 3.8) is 0 Å². The highest BCUT2D eigenvalue weighted by molar-refractivity contribution is 6.31. The first-order chi connectivity index (χ1) is 16.9. The second kappa shape index (κ2) is 11.0. The van der Waals surface area contributed by atoms with Gasteiger partial charge in [-0.3, -0.25) is 4.79 Å². The highest BCUT2D eigenvalue weighted by Crippen LogP contribution is 2.35. The van der Waals surface area contributed by atoms with Gasteiger partial charge in [0.05, 0.1) is 23.8 Å². The molecule has 10 heteroatoms. The van der Waals surface area contributed by atoms with Crippen LogP contribution in [-0.4, -0.2) is 60.8 Å². The Labute approximate surface area is 208 Å². The van der Waals surface area contributed by atoms with Gasteiger partial charge in [-0.1, -0.05) is 11.6 Å². The van der Waals surface area contributed by atoms with Crippen molar-refractivity contribution in [2.24, 2.45) is 0 Å². The monoisotopic (exact) mass is 502 g/mol. The van der Waals surface area contributed by atoms with Crippen molar-refractivity contribution < 1.29 is 23.4 Å². The fourth-order valence-electron chi connectivity index (χ4n) is 4.21. The highest BCUT2D eigenvalue weighted by atomic mass is 35.5. The summed E-state index contributed by atoms with van der Waals surface area (Å²) in [6.45, 7) is 0.0954. The summed E-state index contributed by atoms with van der Waals surface area (Å²) in [5, 5.41) is 3.84. The second-order valence-corrected chi connectivity index (χ2v) is 8.90. The number of likely N-dealkylation sites (N-methyl/N-ethyl adjacent to an activating group) is 1. The molecule has 2 aromatic carbocycles. The number of carbonyl (C=O) groups excluding carboxylic acids is 1. The minimum Gasteiger partial charge on any atom is -0.493 e. The van der Waals surface area contributed by atoms with Gasteiger partial charge in [0.25, 0.3) is 0 Å². The van der Waals surface area contributed by atoms with E-state index in [4.69, 9.17) is 25.8 Å². The Kier molecular flexibility index (Phi) is 7.87. The van der Waals surface area contributed by atoms with Crippen LogP contribution in [0.3, 0.4) is 0 Å². The number of rotatable bonds is 8. The summed E-state index contributed by atoms with van der Waals surface area (Å²) < 4.78 is 30.2. The van der Waals surface area contributed by atoms with Gasteiger partial charge < -0.3 is 24.4 Å². The molecule has 0 unspecified atom stereocenters. The third-order valence-corrected chi connectivity index (χ3v) is 6.48. The number of anilines is 2. The molecular formula is C25H28ClFN4O4. The van der Waals surface area contributed by atoms with Crippen molar-refractivity contribution in [2.75, 3.05) is 33.2 Å². The van der Waals surface area contributed by atoms with Crippen LogP contribution in [0.2, 0.25) is 5.02 Å². The lowest BCUT2D eigenvalue weighted by Gasteiger charge is -2.34. The van der Waals surface area contributed by atoms with Crippen molar-refractivity contribution in [1.82, 2.24) is 14.9 Å². The number of benzene rings is 2. The molecule has 4 rings (SSSR count). The number of aromatic nitrogens is 2. The van der Waals surface area contributed by atoms with Gasteiger partial charge in [0.15, 0.2) is 11.5 Å². The molecule has 1 saturated carbocycles. The van der Waals surface area contributed by atoms with Crippen LogP contribution in [0.15, 0.2) is 36.5 Å². The van der Waals surface area contributed by atoms with Crippen molar-refractivity contribution in [2.45, 2.75) is 37.8 Å². The number of nitrogens with zero attached hydrogens (tertiary/aromatic N) is 3. The Bertz CT molecular complexity index is 1200. The Morgan fingerprint density at radius 1 is 1.17 bits per heavy atom. The lowest BCUT2D eigenvalue weighted by molar-refractivity contribution is -0.136. The second-order valence-electron chi connectivity index (χ2n) is 8.50. The molecule has 3 aromatic rings. The maximum atomic E-state index is 13.4. The molecule has 8 nitrogen and oxygen atoms in total. The van der Waals surface area contributed by atoms with E-state index in [1.807, 2.05) is 13.1 Å². The molecule has 186 valence electrons. The SMILES string of the molecule is COCC(=O)N(C)C1CCC(Oc2cc3cnc(Nc4ccc(F)c(Cl)c4)nc3cc2OC)CC1. The zero-order valence-electron chi connectivity index (χ0n) is 19.9. The Morgan fingerprint density at radius 2 is 1.94 bits per heavy atom. The summed E-state index contributed by atoms with van der Waals surface area (Å²) in [6.07, 6.45) is 5.09. The quantitative estimate of drug-likeness (QED) is 0.465. The zero-order valence-corrected chi connectivity index (χ0v) is 20.6. The number of nitrogens with one attached hydrogen (secondary N) is 1. The van der Waals surface area contributed by atoms with E-state index in [0.29, 0.717) is 28.7 Å². The number of amides is 1. The summed E-state index contributed by atoms with van der Waals surface area (Å²) in [7, 11) is 4.94. The predicted molar refractivity (Wildman–Crippen MR) is 132 cm³/mol. The molecule has 1 amide bonds. The van der Waals surface area contributed by atoms with Crippen LogP contribution in [0, 0.1) is 5.82 Å². The van der Waals surface area contributed by atoms with Crippen LogP contribution in [0.4, 0.5) is 16.0 Å². The molecular weight excluding hydrogens is 475 g/mol. The minimum atomic E-state index is -0.492. The van der Waals surface area contributed by atoms with Gasteiger partial charge in [-0.2, -0.15) is 0 Å². The Balaban J connectivity index is 1.44. The minimum absolute atomic E-state index is 0.00977. The lowest BCUT2D eigenvalue weighted by atomic mass is 9.92. The van der Waals surface area contributed by atoms with E-state index in [1.54, 1.807) is 30.3 Å². The predicted octanol–water partition coefficient (Wildman–Crippen LogP) is 4.97. The first-order valence-corrected chi connectivity index (χ1v) is 11.7. The van der Waals surface area contributed by atoms with Gasteiger partial charge in [0.1, 0.15) is 12.4 Å². The number of halogens is 2. The molecule has 1 heterocycles. The summed E-state index contributed by atoms with van der Waals surface area (Å²) in [5.41, 5.74) is 1.25. The molecule has 1 fully saturated rings. The summed E-state index contributed by atoms with van der Waals surface area (Å²) in [5.74, 6) is 1.04. The molecule has 0 radical (unpaired) electrons. The number of fused-ring (bicyclic) bond motifs is 1. The highest BCUT2D eigenvalue weighted by Gasteiger charge is 2.28. The molecule has 1 aromatic heterocycles. The van der Waals surface area contributed by atoms with Gasteiger partial charge in [-0.25, -0.2) is 14.4 Å². The average molecular weight is 503 g/mol. The molecule has 0 aliphatic heterocycles. The molecule has 1 N–H and O–H groups in total. The fourth-order valence-corrected chi connectivity index (χ4v) is 4.39. The first kappa shape index (κ1) is 24.9. The topological polar surface area (TPSA) is 85.8 Å². The number of hydrogen-bond donors (Lipinski definition) is 1. The maximum Gasteiger partial charge on any atom is 0.248 e. The van der Waals surface area contributed by atoms with Crippen LogP contribution in [-0.2, 0) is 9.53 Å². The van der Waals surface area contributed by atoms with E-state index in [0.717, 1.165) is 31.1 Å². The van der Waals surface area contributed by atoms with Gasteiger partial charge in [0, 0.05) is 43.5 Å². The number of methoxy groups -OCH3 is 2. The summed E-state index contributed by atoms with van der Waals surface area (Å²) in [4.78, 5) is 22.8. The van der Waals surface area contributed by atoms with Gasteiger partial charge in [-0.05, 0) is 49.9 Å². The summed E-state index contributed by atoms with van der Waals surface area (Å²) >= 11 is 5.85. The van der Waals surface area contributed by atoms with Crippen LogP contribution >= 0.6 is 11.6 Å². The third kappa shape index (κ3) is 5.91. The van der Waals surface area contributed by atoms with Crippen molar-refractivity contribution in [3.8, 4) is 11.5 Å². The molecule has 0 atom stereocenters. The van der Waals surface area contributed by atoms with Crippen LogP contribution in [0.5, 0.6) is 11.5 Å². The Hall–Kier alpha value is -3.17. The molecule has 0 saturated heterocycles. The first-order valence-electron chi connectivity index (χ1n) is 11.4. The molecule has 0 spiro atoms. The number of carbonyl (C=O) groups is 1. The standard InChI is InChI=1S/C25H28ClFN4O4/c1-31(24(32)14-33-2)17-5-7-18(8-6-17)35-23-10-15-13-28-25(30-21(15)12-22(23)34-3)29-16-4-9-20(27)19(26)11-16/h4,9-13,17-18H,5-8,14H2,1-3H3,(H,28,29,30). The van der Waals surface area contributed by atoms with E-state index in [1.165, 1.54) is 19.2 Å². The van der Waals surface area contributed by atoms with Gasteiger partial charge >= 0.3 is 0 Å². The molecule has 0 bridgehead atoms. The van der Waals surface area contributed by atoms with E-state index in [-0.39, 0.29) is 29.7 Å². The number of hydrogen-bond acceptors (Lipinski definition) is 7. The molecule has 35 heavy (non-hydrogen) atoms. The van der Waals surface area contributed by atoms with E-state index in [9.17, 15) is 9.18 Å². The van der Waals surface area contributed by atoms with Crippen molar-refractivity contribution in [1.29, 1.82) is 0 Å². The van der Waals surface area contributed by atoms with Crippen LogP contribution < -0.4 is 14.8 Å². The zero-order chi connectivity index (χ0) is 24.9. The van der Waals surface area contributed by atoms with Crippen molar-refractivity contribution in [3.05, 3.63) is 47.4 Å². The fraction of sp³-hybridized carbons (Fsp3) is 0.400. The smallest absolute Gasteiger partial charge is 0.248 e. The molecule has 1 aliphatic rings. The average Bonchev–Trinajstić information content (AvgIpc) is 2.86. The summed E-state index contributed by atoms with van der Waals surface area (Å²) in [6, 6.07) is 8.17. The lowest BCUT2D eigenvalue weighted by Crippen LogP contribution is -2.42. The van der Waals surface area contributed by atoms with Crippen molar-refractivity contribution >= 4 is 40.0 Å². The maximum absolute atomic E-state index is 13.4. The largest absolute Gasteiger partial charge is 0.493 e. The van der Waals surface area contributed by atoms with Gasteiger partial charge in [-0.15, -0.1) is 0 Å². The Morgan fingerprint density at radius 3 is 2.63 bits per heavy atom. The van der Waals surface area contributed by atoms with E-state index in [2.05, 4.69) is 15.3 Å².